The van der Waals surface area contributed by atoms with Gasteiger partial charge in [-0.05, 0) is 12.8 Å². The van der Waals surface area contributed by atoms with Crippen LogP contribution in [0, 0.1) is 0 Å². The zero-order chi connectivity index (χ0) is 9.40. The number of ether oxygens (including phenoxy) is 1. The van der Waals surface area contributed by atoms with E-state index in [0.717, 1.165) is 6.08 Å². The van der Waals surface area contributed by atoms with Crippen molar-refractivity contribution in [3.8, 4) is 0 Å². The molecule has 0 amide bonds. The highest BCUT2D eigenvalue weighted by atomic mass is 16.5. The van der Waals surface area contributed by atoms with E-state index >= 15 is 0 Å². The monoisotopic (exact) mass is 174 g/mol. The lowest BCUT2D eigenvalue weighted by atomic mass is 10.2. The van der Waals surface area contributed by atoms with Crippen LogP contribution in [0.4, 0.5) is 0 Å². The summed E-state index contributed by atoms with van der Waals surface area (Å²) in [6.07, 6.45) is 1.29. The van der Waals surface area contributed by atoms with E-state index in [0.29, 0.717) is 12.8 Å². The molecule has 0 aromatic heterocycles. The van der Waals surface area contributed by atoms with Gasteiger partial charge in [-0.15, -0.1) is 0 Å². The number of esters is 1. The Morgan fingerprint density at radius 1 is 1.67 bits per heavy atom. The number of hydrogen-bond acceptors (Lipinski definition) is 4. The van der Waals surface area contributed by atoms with Crippen molar-refractivity contribution in [2.45, 2.75) is 18.9 Å². The summed E-state index contributed by atoms with van der Waals surface area (Å²) in [5.41, 5.74) is 0. The van der Waals surface area contributed by atoms with Gasteiger partial charge in [0.05, 0.1) is 6.10 Å². The lowest BCUT2D eigenvalue weighted by Gasteiger charge is -2.08. The normalized spacial score (nSPS) is 12.2. The summed E-state index contributed by atoms with van der Waals surface area (Å²) in [6.45, 7) is 3.20. The van der Waals surface area contributed by atoms with Gasteiger partial charge in [-0.1, -0.05) is 6.58 Å². The summed E-state index contributed by atoms with van der Waals surface area (Å²) < 4.78 is 4.56. The Morgan fingerprint density at radius 2 is 2.33 bits per heavy atom. The maximum Gasteiger partial charge on any atom is 0.330 e. The SMILES string of the molecule is C=CC(=O)OCC(O)CCCO. The number of rotatable bonds is 6. The second kappa shape index (κ2) is 6.82. The van der Waals surface area contributed by atoms with Gasteiger partial charge in [0.25, 0.3) is 0 Å². The van der Waals surface area contributed by atoms with Gasteiger partial charge >= 0.3 is 5.97 Å². The molecule has 1 atom stereocenters. The molecule has 0 fully saturated rings. The lowest BCUT2D eigenvalue weighted by molar-refractivity contribution is -0.140. The number of carbonyl (C=O) groups is 1. The fourth-order valence-corrected chi connectivity index (χ4v) is 0.647. The first-order chi connectivity index (χ1) is 5.70. The van der Waals surface area contributed by atoms with Crippen molar-refractivity contribution in [3.63, 3.8) is 0 Å². The third-order valence-corrected chi connectivity index (χ3v) is 1.28. The van der Waals surface area contributed by atoms with Crippen molar-refractivity contribution in [1.29, 1.82) is 0 Å². The van der Waals surface area contributed by atoms with Gasteiger partial charge in [0.2, 0.25) is 0 Å². The van der Waals surface area contributed by atoms with E-state index in [1.807, 2.05) is 0 Å². The van der Waals surface area contributed by atoms with E-state index < -0.39 is 12.1 Å². The molecule has 0 bridgehead atoms. The second-order valence-corrected chi connectivity index (χ2v) is 2.35. The quantitative estimate of drug-likeness (QED) is 0.434. The van der Waals surface area contributed by atoms with Crippen LogP contribution >= 0.6 is 0 Å². The maximum atomic E-state index is 10.5. The minimum atomic E-state index is -0.693. The van der Waals surface area contributed by atoms with Crippen molar-refractivity contribution >= 4 is 5.97 Å². The van der Waals surface area contributed by atoms with Gasteiger partial charge in [-0.25, -0.2) is 4.79 Å². The van der Waals surface area contributed by atoms with Gasteiger partial charge in [-0.3, -0.25) is 0 Å². The predicted molar refractivity (Wildman–Crippen MR) is 43.5 cm³/mol. The van der Waals surface area contributed by atoms with Gasteiger partial charge in [-0.2, -0.15) is 0 Å². The van der Waals surface area contributed by atoms with Crippen molar-refractivity contribution in [2.75, 3.05) is 13.2 Å². The van der Waals surface area contributed by atoms with Crippen LogP contribution in [0.3, 0.4) is 0 Å². The molecule has 4 nitrogen and oxygen atoms in total. The molecular formula is C8H14O4. The van der Waals surface area contributed by atoms with Gasteiger partial charge in [0.15, 0.2) is 0 Å². The fourth-order valence-electron chi connectivity index (χ4n) is 0.647. The smallest absolute Gasteiger partial charge is 0.330 e. The molecule has 0 rings (SSSR count). The molecule has 0 aromatic carbocycles. The molecular weight excluding hydrogens is 160 g/mol. The topological polar surface area (TPSA) is 66.8 Å². The molecule has 0 radical (unpaired) electrons. The Bertz CT molecular complexity index is 144. The van der Waals surface area contributed by atoms with Crippen molar-refractivity contribution in [2.24, 2.45) is 0 Å². The first-order valence-electron chi connectivity index (χ1n) is 3.78. The van der Waals surface area contributed by atoms with Gasteiger partial charge < -0.3 is 14.9 Å². The number of carbonyl (C=O) groups excluding carboxylic acids is 1. The molecule has 1 unspecified atom stereocenters. The van der Waals surface area contributed by atoms with Gasteiger partial charge in [0, 0.05) is 12.7 Å². The summed E-state index contributed by atoms with van der Waals surface area (Å²) in [5.74, 6) is -0.543. The van der Waals surface area contributed by atoms with Crippen LogP contribution < -0.4 is 0 Å². The second-order valence-electron chi connectivity index (χ2n) is 2.35. The Hall–Kier alpha value is -0.870. The highest BCUT2D eigenvalue weighted by Gasteiger charge is 2.05. The van der Waals surface area contributed by atoms with Crippen LogP contribution in [0.1, 0.15) is 12.8 Å². The highest BCUT2D eigenvalue weighted by Crippen LogP contribution is 1.96. The number of aliphatic hydroxyl groups is 2. The van der Waals surface area contributed by atoms with Crippen LogP contribution in [0.5, 0.6) is 0 Å². The molecule has 0 aliphatic carbocycles. The van der Waals surface area contributed by atoms with E-state index in [9.17, 15) is 4.79 Å². The van der Waals surface area contributed by atoms with E-state index in [4.69, 9.17) is 10.2 Å². The van der Waals surface area contributed by atoms with Gasteiger partial charge in [0.1, 0.15) is 6.61 Å². The van der Waals surface area contributed by atoms with Crippen LogP contribution in [-0.4, -0.2) is 35.5 Å². The molecule has 0 aliphatic heterocycles. The summed E-state index contributed by atoms with van der Waals surface area (Å²) in [6, 6.07) is 0. The largest absolute Gasteiger partial charge is 0.460 e. The molecule has 0 aromatic rings. The number of hydrogen-bond donors (Lipinski definition) is 2. The first kappa shape index (κ1) is 11.1. The molecule has 70 valence electrons. The summed E-state index contributed by atoms with van der Waals surface area (Å²) in [7, 11) is 0. The van der Waals surface area contributed by atoms with E-state index in [1.54, 1.807) is 0 Å². The lowest BCUT2D eigenvalue weighted by Crippen LogP contribution is -2.17. The third-order valence-electron chi connectivity index (χ3n) is 1.28. The maximum absolute atomic E-state index is 10.5. The molecule has 0 heterocycles. The van der Waals surface area contributed by atoms with Crippen LogP contribution in [0.15, 0.2) is 12.7 Å². The molecule has 0 saturated carbocycles. The fraction of sp³-hybridized carbons (Fsp3) is 0.625. The van der Waals surface area contributed by atoms with E-state index in [1.165, 1.54) is 0 Å². The average Bonchev–Trinajstić information content (AvgIpc) is 2.10. The van der Waals surface area contributed by atoms with Crippen LogP contribution in [0.2, 0.25) is 0 Å². The highest BCUT2D eigenvalue weighted by molar-refractivity contribution is 5.81. The van der Waals surface area contributed by atoms with Crippen molar-refractivity contribution in [3.05, 3.63) is 12.7 Å². The van der Waals surface area contributed by atoms with E-state index in [2.05, 4.69) is 11.3 Å². The molecule has 4 heteroatoms. The minimum Gasteiger partial charge on any atom is -0.460 e. The van der Waals surface area contributed by atoms with E-state index in [-0.39, 0.29) is 13.2 Å². The Labute approximate surface area is 71.5 Å². The Morgan fingerprint density at radius 3 is 2.83 bits per heavy atom. The Balaban J connectivity index is 3.36. The number of aliphatic hydroxyl groups excluding tert-OH is 2. The predicted octanol–water partition coefficient (Wildman–Crippen LogP) is -0.151. The summed E-state index contributed by atoms with van der Waals surface area (Å²) in [5, 5.41) is 17.5. The molecule has 2 N–H and O–H groups in total. The molecule has 0 aliphatic rings. The Kier molecular flexibility index (Phi) is 6.32. The minimum absolute atomic E-state index is 0.0342. The third kappa shape index (κ3) is 5.88. The standard InChI is InChI=1S/C8H14O4/c1-2-8(11)12-6-7(10)4-3-5-9/h2,7,9-10H,1,3-6H2. The van der Waals surface area contributed by atoms with Crippen LogP contribution in [0.25, 0.3) is 0 Å². The first-order valence-corrected chi connectivity index (χ1v) is 3.78. The molecule has 12 heavy (non-hydrogen) atoms. The molecule has 0 saturated heterocycles. The molecule has 0 spiro atoms. The summed E-state index contributed by atoms with van der Waals surface area (Å²) >= 11 is 0. The zero-order valence-electron chi connectivity index (χ0n) is 6.90. The van der Waals surface area contributed by atoms with Crippen molar-refractivity contribution < 1.29 is 19.7 Å². The van der Waals surface area contributed by atoms with Crippen LogP contribution in [-0.2, 0) is 9.53 Å². The van der Waals surface area contributed by atoms with Crippen molar-refractivity contribution in [1.82, 2.24) is 0 Å². The zero-order valence-corrected chi connectivity index (χ0v) is 6.90. The summed E-state index contributed by atoms with van der Waals surface area (Å²) in [4.78, 5) is 10.5. The average molecular weight is 174 g/mol.